The number of carboxylic acid groups (broad SMARTS) is 1. The summed E-state index contributed by atoms with van der Waals surface area (Å²) in [6, 6.07) is 16.2. The molecule has 0 radical (unpaired) electrons. The first-order valence-electron chi connectivity index (χ1n) is 13.7. The largest absolute Gasteiger partial charge is 0.478 e. The second-order valence-corrected chi connectivity index (χ2v) is 11.8. The zero-order valence-electron chi connectivity index (χ0n) is 22.1. The van der Waals surface area contributed by atoms with Crippen molar-refractivity contribution in [1.29, 1.82) is 0 Å². The van der Waals surface area contributed by atoms with E-state index in [1.165, 1.54) is 16.7 Å². The lowest BCUT2D eigenvalue weighted by Gasteiger charge is -2.52. The molecule has 3 aromatic carbocycles. The van der Waals surface area contributed by atoms with Gasteiger partial charge in [0.05, 0.1) is 27.8 Å². The SMILES string of the molecule is O=C(O)c1cccc(C2(n3c(=O)n(-c4ccc(C(=O)N5CC6(CCOCC6)C5)cc4)c4cc(Cl)ccc43)CC2)c1F. The molecular weight excluding hydrogens is 549 g/mol. The molecule has 1 saturated carbocycles. The fraction of sp³-hybridized carbons (Fsp3) is 0.323. The van der Waals surface area contributed by atoms with Crippen LogP contribution in [-0.4, -0.2) is 57.3 Å². The van der Waals surface area contributed by atoms with Gasteiger partial charge in [0.2, 0.25) is 0 Å². The van der Waals surface area contributed by atoms with E-state index in [1.54, 1.807) is 53.1 Å². The number of hydrogen-bond acceptors (Lipinski definition) is 4. The molecule has 0 bridgehead atoms. The summed E-state index contributed by atoms with van der Waals surface area (Å²) in [7, 11) is 0. The van der Waals surface area contributed by atoms with Gasteiger partial charge in [-0.1, -0.05) is 23.7 Å². The monoisotopic (exact) mass is 575 g/mol. The van der Waals surface area contributed by atoms with Gasteiger partial charge in [0.25, 0.3) is 5.91 Å². The van der Waals surface area contributed by atoms with Gasteiger partial charge in [0, 0.05) is 47.9 Å². The molecule has 1 aliphatic carbocycles. The smallest absolute Gasteiger partial charge is 0.338 e. The van der Waals surface area contributed by atoms with Gasteiger partial charge in [0.1, 0.15) is 5.82 Å². The molecule has 3 heterocycles. The van der Waals surface area contributed by atoms with Gasteiger partial charge in [-0.05, 0) is 74.2 Å². The summed E-state index contributed by atoms with van der Waals surface area (Å²) < 4.78 is 24.0. The number of imidazole rings is 1. The molecule has 0 unspecified atom stereocenters. The Balaban J connectivity index is 1.27. The first-order chi connectivity index (χ1) is 19.7. The lowest BCUT2D eigenvalue weighted by atomic mass is 9.73. The molecule has 41 heavy (non-hydrogen) atoms. The van der Waals surface area contributed by atoms with Gasteiger partial charge in [-0.2, -0.15) is 0 Å². The molecule has 4 aromatic rings. The maximum atomic E-state index is 15.4. The van der Waals surface area contributed by atoms with Crippen LogP contribution in [0.3, 0.4) is 0 Å². The number of aromatic nitrogens is 2. The minimum Gasteiger partial charge on any atom is -0.478 e. The molecule has 1 spiro atoms. The van der Waals surface area contributed by atoms with Gasteiger partial charge >= 0.3 is 11.7 Å². The van der Waals surface area contributed by atoms with Crippen molar-refractivity contribution in [2.45, 2.75) is 31.2 Å². The highest BCUT2D eigenvalue weighted by Gasteiger charge is 2.51. The second-order valence-electron chi connectivity index (χ2n) is 11.4. The van der Waals surface area contributed by atoms with Crippen LogP contribution in [0, 0.1) is 11.2 Å². The second kappa shape index (κ2) is 9.29. The van der Waals surface area contributed by atoms with Crippen LogP contribution in [0.2, 0.25) is 5.02 Å². The molecular formula is C31H27ClFN3O5. The molecule has 2 saturated heterocycles. The van der Waals surface area contributed by atoms with Crippen LogP contribution in [0.4, 0.5) is 4.39 Å². The molecule has 1 amide bonds. The summed E-state index contributed by atoms with van der Waals surface area (Å²) in [6.07, 6.45) is 2.89. The van der Waals surface area contributed by atoms with E-state index in [0.717, 1.165) is 39.1 Å². The summed E-state index contributed by atoms with van der Waals surface area (Å²) in [5.41, 5.74) is 0.663. The number of nitrogens with zero attached hydrogens (tertiary/aromatic N) is 3. The number of likely N-dealkylation sites (tertiary alicyclic amines) is 1. The molecule has 10 heteroatoms. The van der Waals surface area contributed by atoms with Crippen LogP contribution >= 0.6 is 11.6 Å². The topological polar surface area (TPSA) is 93.8 Å². The van der Waals surface area contributed by atoms with E-state index in [4.69, 9.17) is 16.3 Å². The van der Waals surface area contributed by atoms with Crippen molar-refractivity contribution < 1.29 is 23.8 Å². The van der Waals surface area contributed by atoms with Crippen LogP contribution in [0.1, 0.15) is 52.0 Å². The fourth-order valence-electron chi connectivity index (χ4n) is 6.59. The molecule has 3 aliphatic rings. The third kappa shape index (κ3) is 4.01. The number of rotatable bonds is 5. The van der Waals surface area contributed by atoms with Gasteiger partial charge in [-0.25, -0.2) is 14.0 Å². The van der Waals surface area contributed by atoms with Gasteiger partial charge < -0.3 is 14.7 Å². The average Bonchev–Trinajstić information content (AvgIpc) is 3.69. The Kier molecular flexibility index (Phi) is 5.89. The van der Waals surface area contributed by atoms with Crippen LogP contribution in [0.25, 0.3) is 16.7 Å². The van der Waals surface area contributed by atoms with E-state index in [1.807, 2.05) is 4.90 Å². The average molecular weight is 576 g/mol. The summed E-state index contributed by atoms with van der Waals surface area (Å²) in [5, 5.41) is 9.91. The molecule has 2 aliphatic heterocycles. The number of halogens is 2. The van der Waals surface area contributed by atoms with Crippen LogP contribution in [-0.2, 0) is 10.3 Å². The molecule has 8 nitrogen and oxygen atoms in total. The lowest BCUT2D eigenvalue weighted by Crippen LogP contribution is -2.60. The molecule has 3 fully saturated rings. The van der Waals surface area contributed by atoms with E-state index in [-0.39, 0.29) is 16.9 Å². The van der Waals surface area contributed by atoms with E-state index in [2.05, 4.69) is 0 Å². The predicted octanol–water partition coefficient (Wildman–Crippen LogP) is 5.07. The van der Waals surface area contributed by atoms with Crippen molar-refractivity contribution >= 4 is 34.5 Å². The Bertz CT molecular complexity index is 1780. The highest BCUT2D eigenvalue weighted by atomic mass is 35.5. The zero-order chi connectivity index (χ0) is 28.5. The maximum Gasteiger partial charge on any atom is 0.338 e. The number of hydrogen-bond donors (Lipinski definition) is 1. The predicted molar refractivity (Wildman–Crippen MR) is 151 cm³/mol. The number of amides is 1. The van der Waals surface area contributed by atoms with E-state index >= 15 is 4.39 Å². The molecule has 7 rings (SSSR count). The van der Waals surface area contributed by atoms with E-state index in [9.17, 15) is 19.5 Å². The first-order valence-corrected chi connectivity index (χ1v) is 14.0. The van der Waals surface area contributed by atoms with Crippen molar-refractivity contribution in [3.05, 3.63) is 98.7 Å². The fourth-order valence-corrected chi connectivity index (χ4v) is 6.75. The van der Waals surface area contributed by atoms with E-state index < -0.39 is 28.6 Å². The summed E-state index contributed by atoms with van der Waals surface area (Å²) >= 11 is 6.35. The van der Waals surface area contributed by atoms with Crippen molar-refractivity contribution in [3.8, 4) is 5.69 Å². The Morgan fingerprint density at radius 2 is 1.63 bits per heavy atom. The third-order valence-electron chi connectivity index (χ3n) is 8.95. The summed E-state index contributed by atoms with van der Waals surface area (Å²) in [4.78, 5) is 40.7. The van der Waals surface area contributed by atoms with Gasteiger partial charge in [-0.3, -0.25) is 13.9 Å². The van der Waals surface area contributed by atoms with E-state index in [0.29, 0.717) is 40.1 Å². The Hall–Kier alpha value is -3.95. The summed E-state index contributed by atoms with van der Waals surface area (Å²) in [6.45, 7) is 2.93. The maximum absolute atomic E-state index is 15.4. The summed E-state index contributed by atoms with van der Waals surface area (Å²) in [5.74, 6) is -2.25. The van der Waals surface area contributed by atoms with Crippen LogP contribution in [0.15, 0.2) is 65.5 Å². The number of carbonyl (C=O) groups is 2. The van der Waals surface area contributed by atoms with Crippen LogP contribution in [0.5, 0.6) is 0 Å². The van der Waals surface area contributed by atoms with Gasteiger partial charge in [0.15, 0.2) is 0 Å². The highest BCUT2D eigenvalue weighted by Crippen LogP contribution is 2.51. The quantitative estimate of drug-likeness (QED) is 0.358. The van der Waals surface area contributed by atoms with Crippen LogP contribution < -0.4 is 5.69 Å². The number of aromatic carboxylic acids is 1. The minimum absolute atomic E-state index is 0.0443. The Morgan fingerprint density at radius 1 is 0.927 bits per heavy atom. The molecule has 1 aromatic heterocycles. The Labute approximate surface area is 239 Å². The van der Waals surface area contributed by atoms with Crippen molar-refractivity contribution in [1.82, 2.24) is 14.0 Å². The number of benzene rings is 3. The van der Waals surface area contributed by atoms with Crippen molar-refractivity contribution in [2.24, 2.45) is 5.41 Å². The highest BCUT2D eigenvalue weighted by molar-refractivity contribution is 6.31. The number of fused-ring (bicyclic) bond motifs is 1. The lowest BCUT2D eigenvalue weighted by molar-refractivity contribution is -0.0666. The first kappa shape index (κ1) is 26.0. The molecule has 0 atom stereocenters. The number of carbonyl (C=O) groups excluding carboxylic acids is 1. The standard InChI is InChI=1S/C31H27ClFN3O5/c32-20-6-9-24-25(16-20)35(29(40)36(24)31(10-11-31)23-3-1-2-22(26(23)33)28(38)39)21-7-4-19(5-8-21)27(37)34-17-30(18-34)12-14-41-15-13-30/h1-9,16H,10-15,17-18H2,(H,38,39). The third-order valence-corrected chi connectivity index (χ3v) is 9.18. The van der Waals surface area contributed by atoms with Crippen molar-refractivity contribution in [3.63, 3.8) is 0 Å². The van der Waals surface area contributed by atoms with Gasteiger partial charge in [-0.15, -0.1) is 0 Å². The zero-order valence-corrected chi connectivity index (χ0v) is 22.9. The Morgan fingerprint density at radius 3 is 2.29 bits per heavy atom. The molecule has 210 valence electrons. The number of carboxylic acids is 1. The normalized spacial score (nSPS) is 18.8. The van der Waals surface area contributed by atoms with Crippen molar-refractivity contribution in [2.75, 3.05) is 26.3 Å². The molecule has 1 N–H and O–H groups in total. The minimum atomic E-state index is -1.36. The number of ether oxygens (including phenoxy) is 1.